The molecule has 4 rings (SSSR count). The number of rotatable bonds is 14. The van der Waals surface area contributed by atoms with Crippen molar-refractivity contribution in [3.8, 4) is 11.5 Å². The van der Waals surface area contributed by atoms with Crippen molar-refractivity contribution in [2.75, 3.05) is 44.2 Å². The Bertz CT molecular complexity index is 1680. The number of halogens is 1. The van der Waals surface area contributed by atoms with Crippen molar-refractivity contribution in [2.24, 2.45) is 5.41 Å². The van der Waals surface area contributed by atoms with Crippen LogP contribution < -0.4 is 19.7 Å². The fourth-order valence-corrected chi connectivity index (χ4v) is 5.84. The van der Waals surface area contributed by atoms with Crippen molar-refractivity contribution in [1.82, 2.24) is 0 Å². The number of para-hydroxylation sites is 1. The third-order valence-electron chi connectivity index (χ3n) is 7.88. The number of nitrogens with one attached hydrogen (secondary N) is 1. The highest BCUT2D eigenvalue weighted by molar-refractivity contribution is 6.30. The van der Waals surface area contributed by atoms with E-state index in [2.05, 4.69) is 5.32 Å². The van der Waals surface area contributed by atoms with Gasteiger partial charge in [0.1, 0.15) is 12.2 Å². The van der Waals surface area contributed by atoms with Gasteiger partial charge in [-0.05, 0) is 55.3 Å². The lowest BCUT2D eigenvalue weighted by Gasteiger charge is -2.33. The van der Waals surface area contributed by atoms with E-state index in [0.717, 1.165) is 5.56 Å². The smallest absolute Gasteiger partial charge is 0.306 e. The van der Waals surface area contributed by atoms with E-state index in [4.69, 9.17) is 35.3 Å². The van der Waals surface area contributed by atoms with Crippen LogP contribution in [0.15, 0.2) is 60.7 Å². The molecule has 2 amide bonds. The first-order valence-electron chi connectivity index (χ1n) is 16.0. The van der Waals surface area contributed by atoms with Crippen molar-refractivity contribution in [3.05, 3.63) is 82.4 Å². The molecule has 0 unspecified atom stereocenters. The SMILES string of the molecule is CCOC(=O)CCc1cccc(NC(=O)C[C@H]2O[C@H](c3cccc(OC)c3OC)c3cc(Cl)ccc3N(CC(C)(C)COC(C)=O)C2=O)c1. The topological polar surface area (TPSA) is 130 Å². The molecular formula is C37H43ClN2O9. The average Bonchev–Trinajstić information content (AvgIpc) is 3.16. The fraction of sp³-hybridized carbons (Fsp3) is 0.405. The number of carbonyl (C=O) groups excluding carboxylic acids is 4. The lowest BCUT2D eigenvalue weighted by atomic mass is 9.92. The van der Waals surface area contributed by atoms with Crippen molar-refractivity contribution < 1.29 is 42.9 Å². The largest absolute Gasteiger partial charge is 0.493 e. The molecule has 0 spiro atoms. The molecule has 12 heteroatoms. The summed E-state index contributed by atoms with van der Waals surface area (Å²) in [5, 5.41) is 3.29. The van der Waals surface area contributed by atoms with Gasteiger partial charge >= 0.3 is 11.9 Å². The van der Waals surface area contributed by atoms with E-state index < -0.39 is 35.4 Å². The molecule has 1 N–H and O–H groups in total. The van der Waals surface area contributed by atoms with Crippen LogP contribution in [0.2, 0.25) is 5.02 Å². The van der Waals surface area contributed by atoms with Gasteiger partial charge in [-0.15, -0.1) is 0 Å². The predicted molar refractivity (Wildman–Crippen MR) is 185 cm³/mol. The molecule has 0 bridgehead atoms. The molecular weight excluding hydrogens is 652 g/mol. The summed E-state index contributed by atoms with van der Waals surface area (Å²) < 4.78 is 28.3. The Hall–Kier alpha value is -4.61. The molecule has 1 aliphatic heterocycles. The molecule has 49 heavy (non-hydrogen) atoms. The third-order valence-corrected chi connectivity index (χ3v) is 8.11. The van der Waals surface area contributed by atoms with E-state index in [1.165, 1.54) is 21.1 Å². The number of aryl methyl sites for hydroxylation is 1. The molecule has 0 fully saturated rings. The number of hydrogen-bond donors (Lipinski definition) is 1. The maximum absolute atomic E-state index is 14.5. The third kappa shape index (κ3) is 9.73. The van der Waals surface area contributed by atoms with Crippen molar-refractivity contribution >= 4 is 46.7 Å². The summed E-state index contributed by atoms with van der Waals surface area (Å²) >= 11 is 6.53. The maximum Gasteiger partial charge on any atom is 0.306 e. The van der Waals surface area contributed by atoms with Gasteiger partial charge in [-0.3, -0.25) is 19.2 Å². The number of amides is 2. The summed E-state index contributed by atoms with van der Waals surface area (Å²) in [5.41, 5.74) is 2.34. The minimum Gasteiger partial charge on any atom is -0.493 e. The number of anilines is 2. The summed E-state index contributed by atoms with van der Waals surface area (Å²) in [4.78, 5) is 53.2. The number of benzene rings is 3. The second kappa shape index (κ2) is 16.7. The summed E-state index contributed by atoms with van der Waals surface area (Å²) in [6, 6.07) is 17.6. The molecule has 11 nitrogen and oxygen atoms in total. The second-order valence-corrected chi connectivity index (χ2v) is 12.9. The van der Waals surface area contributed by atoms with Gasteiger partial charge in [0.15, 0.2) is 11.5 Å². The Morgan fingerprint density at radius 1 is 0.980 bits per heavy atom. The van der Waals surface area contributed by atoms with Gasteiger partial charge in [0.05, 0.1) is 33.9 Å². The van der Waals surface area contributed by atoms with E-state index >= 15 is 0 Å². The number of hydrogen-bond acceptors (Lipinski definition) is 9. The number of methoxy groups -OCH3 is 2. The van der Waals surface area contributed by atoms with Gasteiger partial charge in [0.2, 0.25) is 5.91 Å². The molecule has 0 saturated carbocycles. The van der Waals surface area contributed by atoms with Gasteiger partial charge in [-0.1, -0.05) is 49.7 Å². The minimum atomic E-state index is -1.25. The summed E-state index contributed by atoms with van der Waals surface area (Å²) in [7, 11) is 3.04. The average molecular weight is 695 g/mol. The summed E-state index contributed by atoms with van der Waals surface area (Å²) in [5.74, 6) is -0.789. The predicted octanol–water partition coefficient (Wildman–Crippen LogP) is 6.29. The van der Waals surface area contributed by atoms with Crippen LogP contribution in [0.5, 0.6) is 11.5 Å². The molecule has 3 aromatic carbocycles. The van der Waals surface area contributed by atoms with E-state index in [1.54, 1.807) is 66.4 Å². The van der Waals surface area contributed by atoms with Crippen molar-refractivity contribution in [2.45, 2.75) is 59.2 Å². The van der Waals surface area contributed by atoms with Crippen LogP contribution in [-0.2, 0) is 39.8 Å². The highest BCUT2D eigenvalue weighted by atomic mass is 35.5. The van der Waals surface area contributed by atoms with Crippen LogP contribution in [0.1, 0.15) is 63.3 Å². The molecule has 1 heterocycles. The van der Waals surface area contributed by atoms with E-state index in [-0.39, 0.29) is 32.0 Å². The van der Waals surface area contributed by atoms with E-state index in [0.29, 0.717) is 52.1 Å². The number of ether oxygens (including phenoxy) is 5. The zero-order chi connectivity index (χ0) is 35.7. The van der Waals surface area contributed by atoms with Gasteiger partial charge < -0.3 is 33.9 Å². The second-order valence-electron chi connectivity index (χ2n) is 12.4. The quantitative estimate of drug-likeness (QED) is 0.194. The highest BCUT2D eigenvalue weighted by Crippen LogP contribution is 2.45. The van der Waals surface area contributed by atoms with Gasteiger partial charge in [-0.25, -0.2) is 0 Å². The number of carbonyl (C=O) groups is 4. The lowest BCUT2D eigenvalue weighted by molar-refractivity contribution is -0.144. The first-order chi connectivity index (χ1) is 23.3. The zero-order valence-corrected chi connectivity index (χ0v) is 29.4. The Morgan fingerprint density at radius 3 is 2.43 bits per heavy atom. The molecule has 0 saturated heterocycles. The van der Waals surface area contributed by atoms with Gasteiger partial charge in [0.25, 0.3) is 5.91 Å². The Morgan fingerprint density at radius 2 is 1.73 bits per heavy atom. The number of nitrogens with zero attached hydrogens (tertiary/aromatic N) is 1. The normalized spacial score (nSPS) is 15.9. The first-order valence-corrected chi connectivity index (χ1v) is 16.4. The van der Waals surface area contributed by atoms with Gasteiger partial charge in [0, 0.05) is 52.8 Å². The van der Waals surface area contributed by atoms with Gasteiger partial charge in [-0.2, -0.15) is 0 Å². The molecule has 0 aromatic heterocycles. The van der Waals surface area contributed by atoms with Crippen molar-refractivity contribution in [1.29, 1.82) is 0 Å². The van der Waals surface area contributed by atoms with Crippen molar-refractivity contribution in [3.63, 3.8) is 0 Å². The van der Waals surface area contributed by atoms with Crippen LogP contribution in [0, 0.1) is 5.41 Å². The monoisotopic (exact) mass is 694 g/mol. The Kier molecular flexibility index (Phi) is 12.7. The van der Waals surface area contributed by atoms with Crippen LogP contribution in [0.3, 0.4) is 0 Å². The zero-order valence-electron chi connectivity index (χ0n) is 28.7. The molecule has 0 radical (unpaired) electrons. The van der Waals surface area contributed by atoms with Crippen LogP contribution in [0.25, 0.3) is 0 Å². The highest BCUT2D eigenvalue weighted by Gasteiger charge is 2.41. The Balaban J connectivity index is 1.72. The summed E-state index contributed by atoms with van der Waals surface area (Å²) in [6.07, 6.45) is -1.82. The number of fused-ring (bicyclic) bond motifs is 1. The molecule has 1 aliphatic rings. The minimum absolute atomic E-state index is 0.0562. The fourth-order valence-electron chi connectivity index (χ4n) is 5.66. The molecule has 2 atom stereocenters. The van der Waals surface area contributed by atoms with Crippen LogP contribution in [-0.4, -0.2) is 63.8 Å². The van der Waals surface area contributed by atoms with Crippen LogP contribution >= 0.6 is 11.6 Å². The maximum atomic E-state index is 14.5. The Labute approximate surface area is 291 Å². The van der Waals surface area contributed by atoms with E-state index in [1.807, 2.05) is 19.9 Å². The lowest BCUT2D eigenvalue weighted by Crippen LogP contribution is -2.46. The van der Waals surface area contributed by atoms with Crippen LogP contribution in [0.4, 0.5) is 11.4 Å². The van der Waals surface area contributed by atoms with E-state index in [9.17, 15) is 19.2 Å². The standard InChI is InChI=1S/C37H43ClN2O9/c1-7-47-33(43)17-14-24-10-8-11-26(18-24)39-32(42)20-31-36(44)40(21-37(3,4)22-48-23(2)41)29-16-15-25(38)19-28(29)34(49-31)27-12-9-13-30(45-5)35(27)46-6/h8-13,15-16,18-19,31,34H,7,14,17,20-22H2,1-6H3,(H,39,42)/t31-,34-/m1/s1. The summed E-state index contributed by atoms with van der Waals surface area (Å²) in [6.45, 7) is 7.34. The molecule has 0 aliphatic carbocycles. The number of esters is 2. The molecule has 262 valence electrons. The molecule has 3 aromatic rings. The first kappa shape index (κ1) is 37.2.